The highest BCUT2D eigenvalue weighted by Crippen LogP contribution is 2.53. The molecule has 0 radical (unpaired) electrons. The fraction of sp³-hybridized carbons (Fsp3) is 0.364. The highest BCUT2D eigenvalue weighted by molar-refractivity contribution is 7.96. The molecule has 12 heteroatoms. The summed E-state index contributed by atoms with van der Waals surface area (Å²) in [6.45, 7) is -0.841. The van der Waals surface area contributed by atoms with Gasteiger partial charge in [-0.25, -0.2) is 4.79 Å². The third-order valence-corrected chi connectivity index (χ3v) is 3.49. The Hall–Kier alpha value is -1.50. The highest BCUT2D eigenvalue weighted by atomic mass is 32.2. The SMILES string of the molecule is O=C(OCc1ccccc1)C(SOO[O-])(C(F)(F)F)C(F)(F)F. The normalized spacial score (nSPS) is 13.0. The zero-order chi connectivity index (χ0) is 17.7. The number of hydrogen-bond donors (Lipinski definition) is 0. The van der Waals surface area contributed by atoms with Crippen LogP contribution in [0.2, 0.25) is 0 Å². The van der Waals surface area contributed by atoms with E-state index < -0.39 is 41.7 Å². The Morgan fingerprint density at radius 2 is 1.57 bits per heavy atom. The Balaban J connectivity index is 3.09. The Kier molecular flexibility index (Phi) is 6.27. The monoisotopic (exact) mass is 365 g/mol. The number of rotatable bonds is 6. The number of esters is 1. The van der Waals surface area contributed by atoms with E-state index in [0.29, 0.717) is 0 Å². The molecule has 0 heterocycles. The first kappa shape index (κ1) is 19.5. The van der Waals surface area contributed by atoms with Crippen LogP contribution in [0.25, 0.3) is 0 Å². The van der Waals surface area contributed by atoms with Gasteiger partial charge in [0.2, 0.25) is 0 Å². The number of hydrogen-bond acceptors (Lipinski definition) is 6. The molecule has 0 fully saturated rings. The minimum absolute atomic E-state index is 0.157. The number of carbonyl (C=O) groups is 1. The molecule has 0 atom stereocenters. The lowest BCUT2D eigenvalue weighted by Gasteiger charge is -2.32. The van der Waals surface area contributed by atoms with Gasteiger partial charge in [-0.15, -0.1) is 0 Å². The minimum Gasteiger partial charge on any atom is -0.691 e. The van der Waals surface area contributed by atoms with Gasteiger partial charge in [-0.05, 0) is 5.56 Å². The van der Waals surface area contributed by atoms with E-state index in [1.54, 1.807) is 0 Å². The maximum absolute atomic E-state index is 12.9. The number of alkyl halides is 6. The first-order valence-corrected chi connectivity index (χ1v) is 6.29. The average Bonchev–Trinajstić information content (AvgIpc) is 2.44. The molecule has 1 aromatic carbocycles. The van der Waals surface area contributed by atoms with E-state index >= 15 is 0 Å². The van der Waals surface area contributed by atoms with Crippen molar-refractivity contribution in [1.82, 2.24) is 0 Å². The van der Waals surface area contributed by atoms with Gasteiger partial charge in [0.05, 0.1) is 12.0 Å². The molecule has 0 amide bonds. The smallest absolute Gasteiger partial charge is 0.425 e. The van der Waals surface area contributed by atoms with E-state index in [1.165, 1.54) is 30.3 Å². The zero-order valence-electron chi connectivity index (χ0n) is 10.8. The van der Waals surface area contributed by atoms with Crippen LogP contribution in [0.5, 0.6) is 0 Å². The molecular weight excluding hydrogens is 358 g/mol. The maximum Gasteiger partial charge on any atom is 0.425 e. The topological polar surface area (TPSA) is 67.8 Å². The van der Waals surface area contributed by atoms with Gasteiger partial charge in [0, 0.05) is 0 Å². The van der Waals surface area contributed by atoms with E-state index in [2.05, 4.69) is 14.1 Å². The predicted octanol–water partition coefficient (Wildman–Crippen LogP) is 2.46. The summed E-state index contributed by atoms with van der Waals surface area (Å²) >= 11 is -1.53. The van der Waals surface area contributed by atoms with Gasteiger partial charge >= 0.3 is 23.1 Å². The van der Waals surface area contributed by atoms with E-state index in [4.69, 9.17) is 0 Å². The molecule has 1 rings (SSSR count). The quantitative estimate of drug-likeness (QED) is 0.254. The second-order valence-electron chi connectivity index (χ2n) is 3.96. The summed E-state index contributed by atoms with van der Waals surface area (Å²) in [4.78, 5) is 11.5. The van der Waals surface area contributed by atoms with Crippen molar-refractivity contribution in [2.45, 2.75) is 23.7 Å². The molecule has 0 saturated carbocycles. The van der Waals surface area contributed by atoms with Crippen molar-refractivity contribution < 1.29 is 50.5 Å². The fourth-order valence-electron chi connectivity index (χ4n) is 1.41. The summed E-state index contributed by atoms with van der Waals surface area (Å²) in [7, 11) is 0. The second kappa shape index (κ2) is 7.38. The van der Waals surface area contributed by atoms with Gasteiger partial charge in [0.15, 0.2) is 0 Å². The summed E-state index contributed by atoms with van der Waals surface area (Å²) in [5.74, 6) is -2.69. The lowest BCUT2D eigenvalue weighted by atomic mass is 10.1. The molecule has 0 aromatic heterocycles. The summed E-state index contributed by atoms with van der Waals surface area (Å²) < 4.78 is 79.5. The van der Waals surface area contributed by atoms with Gasteiger partial charge in [0.1, 0.15) is 6.61 Å². The van der Waals surface area contributed by atoms with Crippen LogP contribution in [0, 0.1) is 0 Å². The van der Waals surface area contributed by atoms with Gasteiger partial charge in [-0.2, -0.15) is 30.7 Å². The summed E-state index contributed by atoms with van der Waals surface area (Å²) in [5.41, 5.74) is 0.157. The van der Waals surface area contributed by atoms with Crippen molar-refractivity contribution >= 4 is 18.0 Å². The molecule has 23 heavy (non-hydrogen) atoms. The molecule has 0 aliphatic heterocycles. The van der Waals surface area contributed by atoms with Crippen LogP contribution in [-0.4, -0.2) is 23.1 Å². The van der Waals surface area contributed by atoms with Crippen LogP contribution < -0.4 is 5.26 Å². The molecule has 0 unspecified atom stereocenters. The van der Waals surface area contributed by atoms with Crippen molar-refractivity contribution in [1.29, 1.82) is 0 Å². The third kappa shape index (κ3) is 4.28. The van der Waals surface area contributed by atoms with E-state index in [1.807, 2.05) is 0 Å². The summed E-state index contributed by atoms with van der Waals surface area (Å²) in [5, 5.41) is 12.1. The van der Waals surface area contributed by atoms with Crippen molar-refractivity contribution in [3.05, 3.63) is 35.9 Å². The number of benzene rings is 1. The van der Waals surface area contributed by atoms with Crippen LogP contribution in [-0.2, 0) is 25.5 Å². The zero-order valence-corrected chi connectivity index (χ0v) is 11.6. The first-order valence-electron chi connectivity index (χ1n) is 5.55. The van der Waals surface area contributed by atoms with Crippen molar-refractivity contribution in [2.75, 3.05) is 0 Å². The molecule has 0 spiro atoms. The summed E-state index contributed by atoms with van der Waals surface area (Å²) in [6.07, 6.45) is -12.3. The Morgan fingerprint density at radius 3 is 2.00 bits per heavy atom. The van der Waals surface area contributed by atoms with Gasteiger partial charge < -0.3 is 9.99 Å². The highest BCUT2D eigenvalue weighted by Gasteiger charge is 2.79. The number of halogens is 6. The number of carbonyl (C=O) groups excluding carboxylic acids is 1. The van der Waals surface area contributed by atoms with Gasteiger partial charge in [-0.1, -0.05) is 30.3 Å². The fourth-order valence-corrected chi connectivity index (χ4v) is 1.86. The van der Waals surface area contributed by atoms with E-state index in [-0.39, 0.29) is 5.56 Å². The van der Waals surface area contributed by atoms with Crippen LogP contribution in [0.4, 0.5) is 26.3 Å². The van der Waals surface area contributed by atoms with E-state index in [9.17, 15) is 36.4 Å². The standard InChI is InChI=1S/C11H8F6O5S/c12-10(13,14)9(11(15,16)17,23-22-21-19)8(18)20-6-7-4-2-1-3-5-7/h1-5,19H,6H2/p-1. The molecule has 0 bridgehead atoms. The maximum atomic E-state index is 12.9. The minimum atomic E-state index is -6.16. The molecular formula is C11H7F6O5S-. The van der Waals surface area contributed by atoms with Crippen LogP contribution in [0.15, 0.2) is 30.3 Å². The largest absolute Gasteiger partial charge is 0.691 e. The molecule has 0 saturated heterocycles. The number of ether oxygens (including phenoxy) is 1. The van der Waals surface area contributed by atoms with Gasteiger partial charge in [0.25, 0.3) is 0 Å². The van der Waals surface area contributed by atoms with Gasteiger partial charge in [-0.3, -0.25) is 5.04 Å². The molecule has 5 nitrogen and oxygen atoms in total. The molecule has 0 aliphatic carbocycles. The van der Waals surface area contributed by atoms with Crippen molar-refractivity contribution in [3.63, 3.8) is 0 Å². The molecule has 0 N–H and O–H groups in total. The van der Waals surface area contributed by atoms with Crippen LogP contribution >= 0.6 is 12.0 Å². The van der Waals surface area contributed by atoms with Crippen molar-refractivity contribution in [2.24, 2.45) is 0 Å². The van der Waals surface area contributed by atoms with Crippen LogP contribution in [0.3, 0.4) is 0 Å². The second-order valence-corrected chi connectivity index (χ2v) is 4.87. The Bertz CT molecular complexity index is 504. The lowest BCUT2D eigenvalue weighted by Crippen LogP contribution is -2.60. The molecule has 130 valence electrons. The molecule has 0 aliphatic rings. The Labute approximate surface area is 129 Å². The lowest BCUT2D eigenvalue weighted by molar-refractivity contribution is -0.777. The first-order chi connectivity index (χ1) is 10.6. The summed E-state index contributed by atoms with van der Waals surface area (Å²) in [6, 6.07) is 7.05. The average molecular weight is 365 g/mol. The van der Waals surface area contributed by atoms with Crippen LogP contribution in [0.1, 0.15) is 5.56 Å². The van der Waals surface area contributed by atoms with Crippen molar-refractivity contribution in [3.8, 4) is 0 Å². The molecule has 1 aromatic rings. The predicted molar refractivity (Wildman–Crippen MR) is 60.8 cm³/mol. The van der Waals surface area contributed by atoms with E-state index in [0.717, 1.165) is 0 Å². The Morgan fingerprint density at radius 1 is 1.04 bits per heavy atom. The third-order valence-electron chi connectivity index (χ3n) is 2.49.